The highest BCUT2D eigenvalue weighted by molar-refractivity contribution is 5.33. The molecule has 0 amide bonds. The summed E-state index contributed by atoms with van der Waals surface area (Å²) in [6.07, 6.45) is 7.86. The molecule has 0 radical (unpaired) electrons. The van der Waals surface area contributed by atoms with Crippen molar-refractivity contribution in [3.05, 3.63) is 114 Å². The lowest BCUT2D eigenvalue weighted by atomic mass is 10.0. The highest BCUT2D eigenvalue weighted by Crippen LogP contribution is 2.20. The monoisotopic (exact) mass is 387 g/mol. The van der Waals surface area contributed by atoms with E-state index in [1.807, 2.05) is 50.3 Å². The second-order valence-corrected chi connectivity index (χ2v) is 7.23. The fraction of sp³-hybridized carbons (Fsp3) is 0.259. The number of nitrogens with one attached hydrogen (secondary N) is 1. The van der Waals surface area contributed by atoms with Crippen LogP contribution in [0, 0.1) is 0 Å². The third kappa shape index (κ3) is 7.50. The molecule has 0 aromatic heterocycles. The molecular formula is C27H33NO. The Bertz CT molecular complexity index is 844. The second kappa shape index (κ2) is 11.8. The number of hydrogen-bond acceptors (Lipinski definition) is 2. The first-order chi connectivity index (χ1) is 14.0. The van der Waals surface area contributed by atoms with Crippen molar-refractivity contribution in [2.45, 2.75) is 39.7 Å². The van der Waals surface area contributed by atoms with E-state index < -0.39 is 0 Å². The van der Waals surface area contributed by atoms with E-state index in [4.69, 9.17) is 4.74 Å². The first kappa shape index (κ1) is 22.3. The van der Waals surface area contributed by atoms with Crippen molar-refractivity contribution in [3.8, 4) is 5.75 Å². The fourth-order valence-corrected chi connectivity index (χ4v) is 3.04. The van der Waals surface area contributed by atoms with Gasteiger partial charge in [-0.15, -0.1) is 0 Å². The van der Waals surface area contributed by atoms with E-state index in [0.29, 0.717) is 6.61 Å². The lowest BCUT2D eigenvalue weighted by Gasteiger charge is -2.20. The first-order valence-corrected chi connectivity index (χ1v) is 10.2. The number of allylic oxidation sites excluding steroid dienone is 4. The summed E-state index contributed by atoms with van der Waals surface area (Å²) in [5.74, 6) is 0.857. The van der Waals surface area contributed by atoms with Gasteiger partial charge in [0.1, 0.15) is 12.4 Å². The van der Waals surface area contributed by atoms with Crippen LogP contribution in [0.3, 0.4) is 0 Å². The topological polar surface area (TPSA) is 21.3 Å². The lowest BCUT2D eigenvalue weighted by Crippen LogP contribution is -2.20. The van der Waals surface area contributed by atoms with Crippen molar-refractivity contribution in [1.82, 2.24) is 5.32 Å². The summed E-state index contributed by atoms with van der Waals surface area (Å²) < 4.78 is 5.93. The van der Waals surface area contributed by atoms with Crippen LogP contribution in [-0.4, -0.2) is 6.61 Å². The Morgan fingerprint density at radius 1 is 1.07 bits per heavy atom. The third-order valence-electron chi connectivity index (χ3n) is 4.76. The van der Waals surface area contributed by atoms with Gasteiger partial charge in [0.05, 0.1) is 6.04 Å². The summed E-state index contributed by atoms with van der Waals surface area (Å²) >= 11 is 0. The maximum absolute atomic E-state index is 5.93. The first-order valence-electron chi connectivity index (χ1n) is 10.2. The van der Waals surface area contributed by atoms with Gasteiger partial charge in [-0.1, -0.05) is 86.3 Å². The molecule has 2 rings (SSSR count). The number of benzene rings is 2. The Hall–Kier alpha value is -3.00. The maximum Gasteiger partial charge on any atom is 0.119 e. The number of rotatable bonds is 11. The van der Waals surface area contributed by atoms with Crippen LogP contribution in [0.15, 0.2) is 103 Å². The Kier molecular flexibility index (Phi) is 9.04. The zero-order valence-corrected chi connectivity index (χ0v) is 17.9. The quantitative estimate of drug-likeness (QED) is 0.422. The van der Waals surface area contributed by atoms with Gasteiger partial charge < -0.3 is 10.1 Å². The summed E-state index contributed by atoms with van der Waals surface area (Å²) in [4.78, 5) is 0. The van der Waals surface area contributed by atoms with Crippen molar-refractivity contribution >= 4 is 0 Å². The van der Waals surface area contributed by atoms with Crippen LogP contribution in [0.5, 0.6) is 5.75 Å². The molecule has 1 unspecified atom stereocenters. The molecule has 1 atom stereocenters. The molecule has 2 heteroatoms. The van der Waals surface area contributed by atoms with Gasteiger partial charge in [0, 0.05) is 12.1 Å². The molecule has 0 saturated carbocycles. The van der Waals surface area contributed by atoms with Crippen molar-refractivity contribution in [2.75, 3.05) is 6.61 Å². The van der Waals surface area contributed by atoms with E-state index in [1.54, 1.807) is 0 Å². The van der Waals surface area contributed by atoms with E-state index in [0.717, 1.165) is 35.4 Å². The Morgan fingerprint density at radius 2 is 1.76 bits per heavy atom. The largest absolute Gasteiger partial charge is 0.489 e. The smallest absolute Gasteiger partial charge is 0.119 e. The molecule has 0 fully saturated rings. The normalized spacial score (nSPS) is 12.6. The SMILES string of the molecule is C=C(Cc1ccc(OC/C(=C/C=C\C)C(=C)C)cc1)NC(CC)c1ccccc1. The van der Waals surface area contributed by atoms with Gasteiger partial charge in [0.25, 0.3) is 0 Å². The van der Waals surface area contributed by atoms with Gasteiger partial charge in [-0.25, -0.2) is 0 Å². The van der Waals surface area contributed by atoms with Gasteiger partial charge in [-0.3, -0.25) is 0 Å². The van der Waals surface area contributed by atoms with Gasteiger partial charge in [0.2, 0.25) is 0 Å². The van der Waals surface area contributed by atoms with E-state index in [-0.39, 0.29) is 6.04 Å². The Balaban J connectivity index is 1.91. The van der Waals surface area contributed by atoms with E-state index in [2.05, 4.69) is 61.8 Å². The van der Waals surface area contributed by atoms with Crippen molar-refractivity contribution in [3.63, 3.8) is 0 Å². The summed E-state index contributed by atoms with van der Waals surface area (Å²) in [6.45, 7) is 14.9. The molecule has 2 aromatic carbocycles. The minimum atomic E-state index is 0.288. The van der Waals surface area contributed by atoms with Crippen molar-refractivity contribution < 1.29 is 4.74 Å². The highest BCUT2D eigenvalue weighted by atomic mass is 16.5. The molecule has 29 heavy (non-hydrogen) atoms. The van der Waals surface area contributed by atoms with Crippen LogP contribution < -0.4 is 10.1 Å². The molecule has 0 aliphatic carbocycles. The lowest BCUT2D eigenvalue weighted by molar-refractivity contribution is 0.354. The molecular weight excluding hydrogens is 354 g/mol. The average Bonchev–Trinajstić information content (AvgIpc) is 2.73. The van der Waals surface area contributed by atoms with Crippen LogP contribution in [0.4, 0.5) is 0 Å². The molecule has 1 N–H and O–H groups in total. The van der Waals surface area contributed by atoms with E-state index in [1.165, 1.54) is 11.1 Å². The van der Waals surface area contributed by atoms with Crippen LogP contribution in [0.1, 0.15) is 44.4 Å². The molecule has 0 saturated heterocycles. The van der Waals surface area contributed by atoms with Crippen LogP contribution in [-0.2, 0) is 6.42 Å². The molecule has 0 bridgehead atoms. The Morgan fingerprint density at radius 3 is 2.34 bits per heavy atom. The zero-order valence-electron chi connectivity index (χ0n) is 17.9. The summed E-state index contributed by atoms with van der Waals surface area (Å²) in [5, 5.41) is 3.57. The van der Waals surface area contributed by atoms with Crippen molar-refractivity contribution in [2.24, 2.45) is 0 Å². The highest BCUT2D eigenvalue weighted by Gasteiger charge is 2.09. The van der Waals surface area contributed by atoms with Crippen LogP contribution in [0.25, 0.3) is 0 Å². The average molecular weight is 388 g/mol. The van der Waals surface area contributed by atoms with Gasteiger partial charge in [-0.05, 0) is 49.1 Å². The standard InChI is InChI=1S/C27H33NO/c1-6-8-12-25(21(3)4)20-29-26-17-15-23(16-18-26)19-22(5)28-27(7-2)24-13-10-9-11-14-24/h6,8-18,27-28H,3,5,7,19-20H2,1-2,4H3/b8-6-,25-12-. The predicted molar refractivity (Wildman–Crippen MR) is 125 cm³/mol. The molecule has 2 aromatic rings. The van der Waals surface area contributed by atoms with Crippen LogP contribution in [0.2, 0.25) is 0 Å². The third-order valence-corrected chi connectivity index (χ3v) is 4.76. The molecule has 0 aliphatic rings. The minimum Gasteiger partial charge on any atom is -0.489 e. The molecule has 2 nitrogen and oxygen atoms in total. The molecule has 0 heterocycles. The zero-order chi connectivity index (χ0) is 21.1. The van der Waals surface area contributed by atoms with Crippen molar-refractivity contribution in [1.29, 1.82) is 0 Å². The predicted octanol–water partition coefficient (Wildman–Crippen LogP) is 6.94. The van der Waals surface area contributed by atoms with E-state index in [9.17, 15) is 0 Å². The molecule has 152 valence electrons. The van der Waals surface area contributed by atoms with Crippen LogP contribution >= 0.6 is 0 Å². The van der Waals surface area contributed by atoms with E-state index >= 15 is 0 Å². The molecule has 0 spiro atoms. The maximum atomic E-state index is 5.93. The summed E-state index contributed by atoms with van der Waals surface area (Å²) in [7, 11) is 0. The Labute approximate surface area is 176 Å². The van der Waals surface area contributed by atoms with Gasteiger partial charge in [-0.2, -0.15) is 0 Å². The van der Waals surface area contributed by atoms with Gasteiger partial charge in [0.15, 0.2) is 0 Å². The second-order valence-electron chi connectivity index (χ2n) is 7.23. The van der Waals surface area contributed by atoms with Gasteiger partial charge >= 0.3 is 0 Å². The molecule has 0 aliphatic heterocycles. The number of ether oxygens (including phenoxy) is 1. The summed E-state index contributed by atoms with van der Waals surface area (Å²) in [6, 6.07) is 19.0. The summed E-state index contributed by atoms with van der Waals surface area (Å²) in [5.41, 5.74) is 5.64. The minimum absolute atomic E-state index is 0.288. The number of hydrogen-bond donors (Lipinski definition) is 1. The fourth-order valence-electron chi connectivity index (χ4n) is 3.04.